The minimum atomic E-state index is -4.51. The molecule has 0 aromatic heterocycles. The number of carbonyl (C=O) groups excluding carboxylic acids is 1. The molecule has 0 atom stereocenters. The summed E-state index contributed by atoms with van der Waals surface area (Å²) in [7, 11) is -9.02. The summed E-state index contributed by atoms with van der Waals surface area (Å²) < 4.78 is 63.6. The lowest BCUT2D eigenvalue weighted by Gasteiger charge is -2.02. The van der Waals surface area contributed by atoms with E-state index in [1.807, 2.05) is 0 Å². The van der Waals surface area contributed by atoms with Crippen LogP contribution in [0.1, 0.15) is 0 Å². The SMILES string of the molecule is O=C(OCS(=O)(=O)O)OCS(=O)(=O)O. The fourth-order valence-corrected chi connectivity index (χ4v) is 0.777. The van der Waals surface area contributed by atoms with E-state index >= 15 is 0 Å². The second kappa shape index (κ2) is 4.54. The highest BCUT2D eigenvalue weighted by molar-refractivity contribution is 7.85. The molecule has 0 saturated heterocycles. The van der Waals surface area contributed by atoms with Gasteiger partial charge < -0.3 is 9.47 Å². The van der Waals surface area contributed by atoms with Gasteiger partial charge in [-0.25, -0.2) is 4.79 Å². The van der Waals surface area contributed by atoms with Crippen molar-refractivity contribution in [2.45, 2.75) is 0 Å². The molecule has 0 aromatic rings. The second-order valence-electron chi connectivity index (χ2n) is 1.94. The quantitative estimate of drug-likeness (QED) is 0.465. The van der Waals surface area contributed by atoms with Gasteiger partial charge in [0.2, 0.25) is 11.9 Å². The van der Waals surface area contributed by atoms with E-state index in [1.54, 1.807) is 0 Å². The van der Waals surface area contributed by atoms with Crippen LogP contribution in [0.2, 0.25) is 0 Å². The molecule has 0 radical (unpaired) electrons. The van der Waals surface area contributed by atoms with Gasteiger partial charge in [0.25, 0.3) is 0 Å². The lowest BCUT2D eigenvalue weighted by molar-refractivity contribution is 0.0776. The van der Waals surface area contributed by atoms with Crippen LogP contribution in [0, 0.1) is 0 Å². The van der Waals surface area contributed by atoms with Gasteiger partial charge in [-0.1, -0.05) is 0 Å². The van der Waals surface area contributed by atoms with Crippen molar-refractivity contribution in [1.29, 1.82) is 0 Å². The maximum Gasteiger partial charge on any atom is 0.510 e. The lowest BCUT2D eigenvalue weighted by Crippen LogP contribution is -2.18. The van der Waals surface area contributed by atoms with Crippen LogP contribution in [0.3, 0.4) is 0 Å². The maximum absolute atomic E-state index is 10.3. The topological polar surface area (TPSA) is 144 Å². The van der Waals surface area contributed by atoms with E-state index in [9.17, 15) is 21.6 Å². The molecule has 0 bridgehead atoms. The summed E-state index contributed by atoms with van der Waals surface area (Å²) >= 11 is 0. The fraction of sp³-hybridized carbons (Fsp3) is 0.667. The first-order valence-corrected chi connectivity index (χ1v) is 6.02. The van der Waals surface area contributed by atoms with Crippen LogP contribution in [0.4, 0.5) is 4.79 Å². The standard InChI is InChI=1S/C3H6O9S2/c4-3(11-1-13(5,6)7)12-2-14(8,9)10/h1-2H2,(H,5,6,7)(H,8,9,10). The van der Waals surface area contributed by atoms with E-state index in [2.05, 4.69) is 9.47 Å². The minimum Gasteiger partial charge on any atom is -0.415 e. The molecule has 14 heavy (non-hydrogen) atoms. The van der Waals surface area contributed by atoms with Crippen molar-refractivity contribution in [1.82, 2.24) is 0 Å². The minimum absolute atomic E-state index is 1.36. The Morgan fingerprint density at radius 2 is 1.21 bits per heavy atom. The van der Waals surface area contributed by atoms with Crippen molar-refractivity contribution >= 4 is 26.4 Å². The highest BCUT2D eigenvalue weighted by atomic mass is 32.2. The summed E-state index contributed by atoms with van der Waals surface area (Å²) in [4.78, 5) is 10.3. The first kappa shape index (κ1) is 13.1. The van der Waals surface area contributed by atoms with Gasteiger partial charge in [-0.3, -0.25) is 9.11 Å². The molecule has 2 N–H and O–H groups in total. The summed E-state index contributed by atoms with van der Waals surface area (Å²) in [6, 6.07) is 0. The van der Waals surface area contributed by atoms with Gasteiger partial charge in [0, 0.05) is 0 Å². The van der Waals surface area contributed by atoms with Crippen molar-refractivity contribution < 1.29 is 40.2 Å². The third-order valence-electron chi connectivity index (χ3n) is 0.651. The first-order valence-electron chi connectivity index (χ1n) is 2.80. The lowest BCUT2D eigenvalue weighted by atomic mass is 11.3. The Morgan fingerprint density at radius 3 is 1.43 bits per heavy atom. The molecule has 0 aliphatic carbocycles. The molecule has 9 nitrogen and oxygen atoms in total. The van der Waals surface area contributed by atoms with Crippen LogP contribution < -0.4 is 0 Å². The predicted molar refractivity (Wildman–Crippen MR) is 40.4 cm³/mol. The smallest absolute Gasteiger partial charge is 0.415 e. The molecule has 84 valence electrons. The number of rotatable bonds is 4. The molecule has 0 amide bonds. The maximum atomic E-state index is 10.3. The molecule has 0 aliphatic rings. The number of hydrogen-bond acceptors (Lipinski definition) is 7. The molecular formula is C3H6O9S2. The van der Waals surface area contributed by atoms with Gasteiger partial charge in [-0.2, -0.15) is 16.8 Å². The highest BCUT2D eigenvalue weighted by Crippen LogP contribution is 1.92. The second-order valence-corrected chi connectivity index (χ2v) is 4.74. The van der Waals surface area contributed by atoms with Crippen LogP contribution in [0.25, 0.3) is 0 Å². The first-order chi connectivity index (χ1) is 6.10. The third kappa shape index (κ3) is 9.18. The largest absolute Gasteiger partial charge is 0.510 e. The third-order valence-corrected chi connectivity index (χ3v) is 1.48. The number of carbonyl (C=O) groups is 1. The normalized spacial score (nSPS) is 12.1. The van der Waals surface area contributed by atoms with Crippen molar-refractivity contribution in [3.8, 4) is 0 Å². The molecule has 0 rings (SSSR count). The average molecular weight is 250 g/mol. The van der Waals surface area contributed by atoms with Gasteiger partial charge in [-0.15, -0.1) is 0 Å². The Kier molecular flexibility index (Phi) is 4.25. The van der Waals surface area contributed by atoms with Crippen molar-refractivity contribution in [3.05, 3.63) is 0 Å². The van der Waals surface area contributed by atoms with E-state index in [1.165, 1.54) is 0 Å². The van der Waals surface area contributed by atoms with Gasteiger partial charge in [0.15, 0.2) is 0 Å². The van der Waals surface area contributed by atoms with Crippen LogP contribution >= 0.6 is 0 Å². The van der Waals surface area contributed by atoms with Crippen molar-refractivity contribution in [2.75, 3.05) is 11.9 Å². The fourth-order valence-electron chi connectivity index (χ4n) is 0.287. The monoisotopic (exact) mass is 250 g/mol. The summed E-state index contributed by atoms with van der Waals surface area (Å²) in [5.74, 6) is -2.73. The van der Waals surface area contributed by atoms with Crippen molar-refractivity contribution in [3.63, 3.8) is 0 Å². The van der Waals surface area contributed by atoms with E-state index in [4.69, 9.17) is 9.11 Å². The number of ether oxygens (including phenoxy) is 2. The van der Waals surface area contributed by atoms with E-state index < -0.39 is 38.3 Å². The molecule has 11 heteroatoms. The Labute approximate surface area is 79.1 Å². The molecule has 0 fully saturated rings. The molecular weight excluding hydrogens is 244 g/mol. The van der Waals surface area contributed by atoms with Crippen LogP contribution in [0.15, 0.2) is 0 Å². The Morgan fingerprint density at radius 1 is 0.929 bits per heavy atom. The zero-order valence-corrected chi connectivity index (χ0v) is 8.12. The summed E-state index contributed by atoms with van der Waals surface area (Å²) in [6.07, 6.45) is -1.65. The van der Waals surface area contributed by atoms with Crippen LogP contribution in [0.5, 0.6) is 0 Å². The molecule has 0 aromatic carbocycles. The summed E-state index contributed by atoms with van der Waals surface area (Å²) in [5.41, 5.74) is 0. The summed E-state index contributed by atoms with van der Waals surface area (Å²) in [5, 5.41) is 0. The van der Waals surface area contributed by atoms with Gasteiger partial charge in [0.05, 0.1) is 0 Å². The van der Waals surface area contributed by atoms with Gasteiger partial charge in [-0.05, 0) is 0 Å². The molecule has 0 unspecified atom stereocenters. The molecule has 0 aliphatic heterocycles. The van der Waals surface area contributed by atoms with Crippen LogP contribution in [-0.4, -0.2) is 44.0 Å². The molecule has 0 saturated carbocycles. The zero-order chi connectivity index (χ0) is 11.4. The van der Waals surface area contributed by atoms with Crippen LogP contribution in [-0.2, 0) is 29.7 Å². The Bertz CT molecular complexity index is 350. The average Bonchev–Trinajstić information content (AvgIpc) is 1.94. The summed E-state index contributed by atoms with van der Waals surface area (Å²) in [6.45, 7) is 0. The Hall–Kier alpha value is -0.910. The van der Waals surface area contributed by atoms with E-state index in [0.717, 1.165) is 0 Å². The Balaban J connectivity index is 3.91. The van der Waals surface area contributed by atoms with Crippen molar-refractivity contribution in [2.24, 2.45) is 0 Å². The molecule has 0 heterocycles. The molecule has 0 spiro atoms. The highest BCUT2D eigenvalue weighted by Gasteiger charge is 2.14. The predicted octanol–water partition coefficient (Wildman–Crippen LogP) is -1.17. The van der Waals surface area contributed by atoms with E-state index in [-0.39, 0.29) is 0 Å². The number of hydrogen-bond donors (Lipinski definition) is 2. The van der Waals surface area contributed by atoms with Gasteiger partial charge in [0.1, 0.15) is 0 Å². The zero-order valence-electron chi connectivity index (χ0n) is 6.48. The van der Waals surface area contributed by atoms with E-state index in [0.29, 0.717) is 0 Å². The van der Waals surface area contributed by atoms with Gasteiger partial charge >= 0.3 is 26.4 Å².